The van der Waals surface area contributed by atoms with Crippen LogP contribution in [0.2, 0.25) is 0 Å². The van der Waals surface area contributed by atoms with E-state index < -0.39 is 0 Å². The molecular weight excluding hydrogens is 272 g/mol. The SMILES string of the molecule is CC(C)CN(C(=O)CC(N)c1ccccc1)C1CC1.Cl. The quantitative estimate of drug-likeness (QED) is 0.876. The van der Waals surface area contributed by atoms with Crippen LogP contribution in [0.4, 0.5) is 0 Å². The van der Waals surface area contributed by atoms with Crippen molar-refractivity contribution < 1.29 is 4.79 Å². The second kappa shape index (κ2) is 7.65. The molecule has 0 spiro atoms. The number of nitrogens with zero attached hydrogens (tertiary/aromatic N) is 1. The van der Waals surface area contributed by atoms with Gasteiger partial charge in [-0.1, -0.05) is 44.2 Å². The summed E-state index contributed by atoms with van der Waals surface area (Å²) in [5.41, 5.74) is 7.18. The minimum atomic E-state index is -0.192. The molecule has 4 heteroatoms. The van der Waals surface area contributed by atoms with E-state index in [-0.39, 0.29) is 24.4 Å². The van der Waals surface area contributed by atoms with Gasteiger partial charge in [0.05, 0.1) is 0 Å². The van der Waals surface area contributed by atoms with E-state index >= 15 is 0 Å². The fourth-order valence-corrected chi connectivity index (χ4v) is 2.36. The molecule has 20 heavy (non-hydrogen) atoms. The van der Waals surface area contributed by atoms with Crippen molar-refractivity contribution >= 4 is 18.3 Å². The molecule has 0 aliphatic heterocycles. The summed E-state index contributed by atoms with van der Waals surface area (Å²) in [5, 5.41) is 0. The normalized spacial score (nSPS) is 15.6. The molecule has 1 fully saturated rings. The van der Waals surface area contributed by atoms with Crippen LogP contribution in [0, 0.1) is 5.92 Å². The van der Waals surface area contributed by atoms with E-state index in [0.29, 0.717) is 18.4 Å². The summed E-state index contributed by atoms with van der Waals surface area (Å²) >= 11 is 0. The predicted molar refractivity (Wildman–Crippen MR) is 84.8 cm³/mol. The highest BCUT2D eigenvalue weighted by molar-refractivity contribution is 5.85. The summed E-state index contributed by atoms with van der Waals surface area (Å²) in [7, 11) is 0. The highest BCUT2D eigenvalue weighted by atomic mass is 35.5. The number of rotatable bonds is 6. The molecule has 1 amide bonds. The van der Waals surface area contributed by atoms with E-state index in [2.05, 4.69) is 13.8 Å². The minimum Gasteiger partial charge on any atom is -0.339 e. The molecule has 1 saturated carbocycles. The maximum atomic E-state index is 12.4. The van der Waals surface area contributed by atoms with Crippen LogP contribution in [0.1, 0.15) is 44.7 Å². The molecule has 112 valence electrons. The Morgan fingerprint density at radius 1 is 1.30 bits per heavy atom. The Balaban J connectivity index is 0.00000200. The van der Waals surface area contributed by atoms with Gasteiger partial charge in [-0.2, -0.15) is 0 Å². The molecule has 1 atom stereocenters. The molecule has 1 aliphatic carbocycles. The van der Waals surface area contributed by atoms with Crippen LogP contribution in [0.5, 0.6) is 0 Å². The van der Waals surface area contributed by atoms with Gasteiger partial charge in [-0.15, -0.1) is 12.4 Å². The molecule has 2 N–H and O–H groups in total. The predicted octanol–water partition coefficient (Wildman–Crippen LogP) is 3.15. The largest absolute Gasteiger partial charge is 0.339 e. The lowest BCUT2D eigenvalue weighted by molar-refractivity contribution is -0.132. The average Bonchev–Trinajstić information content (AvgIpc) is 3.21. The molecule has 3 nitrogen and oxygen atoms in total. The van der Waals surface area contributed by atoms with Crippen LogP contribution < -0.4 is 5.73 Å². The van der Waals surface area contributed by atoms with Crippen molar-refractivity contribution in [2.75, 3.05) is 6.54 Å². The first kappa shape index (κ1) is 17.0. The van der Waals surface area contributed by atoms with Crippen molar-refractivity contribution in [1.29, 1.82) is 0 Å². The highest BCUT2D eigenvalue weighted by Crippen LogP contribution is 2.29. The standard InChI is InChI=1S/C16H24N2O.ClH/c1-12(2)11-18(14-8-9-14)16(19)10-15(17)13-6-4-3-5-7-13;/h3-7,12,14-15H,8-11,17H2,1-2H3;1H. The van der Waals surface area contributed by atoms with E-state index in [1.807, 2.05) is 35.2 Å². The molecule has 0 radical (unpaired) electrons. The Bertz CT molecular complexity index is 418. The number of nitrogens with two attached hydrogens (primary N) is 1. The fourth-order valence-electron chi connectivity index (χ4n) is 2.36. The van der Waals surface area contributed by atoms with Gasteiger partial charge in [0.15, 0.2) is 0 Å². The summed E-state index contributed by atoms with van der Waals surface area (Å²) in [6.45, 7) is 5.16. The summed E-state index contributed by atoms with van der Waals surface area (Å²) in [4.78, 5) is 14.4. The molecule has 1 aromatic rings. The van der Waals surface area contributed by atoms with Crippen LogP contribution >= 0.6 is 12.4 Å². The summed E-state index contributed by atoms with van der Waals surface area (Å²) in [5.74, 6) is 0.713. The maximum absolute atomic E-state index is 12.4. The van der Waals surface area contributed by atoms with Crippen molar-refractivity contribution in [3.05, 3.63) is 35.9 Å². The molecule has 0 aromatic heterocycles. The van der Waals surface area contributed by atoms with Gasteiger partial charge in [0.2, 0.25) is 5.91 Å². The monoisotopic (exact) mass is 296 g/mol. The van der Waals surface area contributed by atoms with Crippen molar-refractivity contribution in [2.45, 2.75) is 45.2 Å². The molecule has 2 rings (SSSR count). The third kappa shape index (κ3) is 4.80. The van der Waals surface area contributed by atoms with Crippen LogP contribution in [0.25, 0.3) is 0 Å². The fraction of sp³-hybridized carbons (Fsp3) is 0.562. The Hall–Kier alpha value is -1.06. The van der Waals surface area contributed by atoms with E-state index in [0.717, 1.165) is 24.9 Å². The Kier molecular flexibility index (Phi) is 6.50. The molecule has 1 aliphatic rings. The lowest BCUT2D eigenvalue weighted by Crippen LogP contribution is -2.37. The third-order valence-electron chi connectivity index (χ3n) is 3.49. The second-order valence-corrected chi connectivity index (χ2v) is 5.89. The first-order chi connectivity index (χ1) is 9.08. The maximum Gasteiger partial charge on any atom is 0.224 e. The topological polar surface area (TPSA) is 46.3 Å². The smallest absolute Gasteiger partial charge is 0.224 e. The van der Waals surface area contributed by atoms with Crippen LogP contribution in [-0.4, -0.2) is 23.4 Å². The van der Waals surface area contributed by atoms with Gasteiger partial charge in [0.1, 0.15) is 0 Å². The van der Waals surface area contributed by atoms with E-state index in [1.54, 1.807) is 0 Å². The van der Waals surface area contributed by atoms with Crippen molar-refractivity contribution in [3.63, 3.8) is 0 Å². The zero-order valence-electron chi connectivity index (χ0n) is 12.3. The number of hydrogen-bond acceptors (Lipinski definition) is 2. The minimum absolute atomic E-state index is 0. The summed E-state index contributed by atoms with van der Waals surface area (Å²) in [6.07, 6.45) is 2.71. The van der Waals surface area contributed by atoms with Gasteiger partial charge in [0, 0.05) is 25.0 Å². The van der Waals surface area contributed by atoms with E-state index in [1.165, 1.54) is 0 Å². The molecule has 1 unspecified atom stereocenters. The van der Waals surface area contributed by atoms with Gasteiger partial charge < -0.3 is 10.6 Å². The van der Waals surface area contributed by atoms with Crippen molar-refractivity contribution in [2.24, 2.45) is 11.7 Å². The zero-order chi connectivity index (χ0) is 13.8. The number of amides is 1. The van der Waals surface area contributed by atoms with Gasteiger partial charge >= 0.3 is 0 Å². The zero-order valence-corrected chi connectivity index (χ0v) is 13.1. The average molecular weight is 297 g/mol. The Morgan fingerprint density at radius 3 is 2.40 bits per heavy atom. The Morgan fingerprint density at radius 2 is 1.90 bits per heavy atom. The number of benzene rings is 1. The van der Waals surface area contributed by atoms with Gasteiger partial charge in [0.25, 0.3) is 0 Å². The van der Waals surface area contributed by atoms with Crippen molar-refractivity contribution in [1.82, 2.24) is 4.90 Å². The van der Waals surface area contributed by atoms with E-state index in [9.17, 15) is 4.79 Å². The number of hydrogen-bond donors (Lipinski definition) is 1. The van der Waals surface area contributed by atoms with Gasteiger partial charge in [-0.25, -0.2) is 0 Å². The first-order valence-electron chi connectivity index (χ1n) is 7.18. The lowest BCUT2D eigenvalue weighted by Gasteiger charge is -2.26. The number of carbonyl (C=O) groups is 1. The van der Waals surface area contributed by atoms with Crippen LogP contribution in [0.3, 0.4) is 0 Å². The lowest BCUT2D eigenvalue weighted by atomic mass is 10.0. The molecule has 1 aromatic carbocycles. The van der Waals surface area contributed by atoms with Crippen LogP contribution in [-0.2, 0) is 4.79 Å². The van der Waals surface area contributed by atoms with Gasteiger partial charge in [-0.3, -0.25) is 4.79 Å². The van der Waals surface area contributed by atoms with Crippen molar-refractivity contribution in [3.8, 4) is 0 Å². The molecule has 0 bridgehead atoms. The molecule has 0 heterocycles. The summed E-state index contributed by atoms with van der Waals surface area (Å²) in [6, 6.07) is 10.1. The van der Waals surface area contributed by atoms with Gasteiger partial charge in [-0.05, 0) is 24.3 Å². The van der Waals surface area contributed by atoms with E-state index in [4.69, 9.17) is 5.73 Å². The third-order valence-corrected chi connectivity index (χ3v) is 3.49. The second-order valence-electron chi connectivity index (χ2n) is 5.89. The summed E-state index contributed by atoms with van der Waals surface area (Å²) < 4.78 is 0. The molecule has 0 saturated heterocycles. The first-order valence-corrected chi connectivity index (χ1v) is 7.18. The molecular formula is C16H25ClN2O. The van der Waals surface area contributed by atoms with Crippen LogP contribution in [0.15, 0.2) is 30.3 Å². The number of carbonyl (C=O) groups excluding carboxylic acids is 1. The highest BCUT2D eigenvalue weighted by Gasteiger charge is 2.33. The Labute approximate surface area is 127 Å². The number of halogens is 1.